The van der Waals surface area contributed by atoms with Gasteiger partial charge in [0.1, 0.15) is 11.5 Å². The van der Waals surface area contributed by atoms with E-state index in [1.807, 2.05) is 0 Å². The maximum Gasteiger partial charge on any atom is 0.336 e. The Morgan fingerprint density at radius 3 is 2.15 bits per heavy atom. The van der Waals surface area contributed by atoms with Crippen molar-refractivity contribution >= 4 is 17.4 Å². The van der Waals surface area contributed by atoms with Crippen molar-refractivity contribution < 1.29 is 24.9 Å². The van der Waals surface area contributed by atoms with Gasteiger partial charge in [-0.2, -0.15) is 0 Å². The molecule has 0 bridgehead atoms. The van der Waals surface area contributed by atoms with Crippen LogP contribution in [0.25, 0.3) is 0 Å². The lowest BCUT2D eigenvalue weighted by Gasteiger charge is -2.09. The van der Waals surface area contributed by atoms with E-state index in [2.05, 4.69) is 0 Å². The lowest BCUT2D eigenvalue weighted by molar-refractivity contribution is 0.0692. The molecule has 6 nitrogen and oxygen atoms in total. The summed E-state index contributed by atoms with van der Waals surface area (Å²) in [6, 6.07) is 7.74. The molecule has 0 saturated heterocycles. The van der Waals surface area contributed by atoms with Gasteiger partial charge in [0, 0.05) is 5.56 Å². The minimum Gasteiger partial charge on any atom is -0.507 e. The highest BCUT2D eigenvalue weighted by atomic mass is 16.4. The Morgan fingerprint density at radius 1 is 0.900 bits per heavy atom. The third-order valence-electron chi connectivity index (χ3n) is 2.79. The van der Waals surface area contributed by atoms with E-state index in [4.69, 9.17) is 10.8 Å². The molecule has 0 spiro atoms. The zero-order chi connectivity index (χ0) is 14.9. The summed E-state index contributed by atoms with van der Waals surface area (Å²) in [7, 11) is 0. The minimum atomic E-state index is -1.38. The SMILES string of the molecule is Nc1cc(C(=O)c2ccccc2O)c(C(=O)O)cc1O. The van der Waals surface area contributed by atoms with Crippen molar-refractivity contribution in [2.45, 2.75) is 0 Å². The van der Waals surface area contributed by atoms with Gasteiger partial charge >= 0.3 is 5.97 Å². The van der Waals surface area contributed by atoms with E-state index in [-0.39, 0.29) is 28.1 Å². The number of aromatic hydroxyl groups is 2. The smallest absolute Gasteiger partial charge is 0.336 e. The van der Waals surface area contributed by atoms with Gasteiger partial charge in [0.15, 0.2) is 5.78 Å². The van der Waals surface area contributed by atoms with E-state index in [1.54, 1.807) is 0 Å². The molecule has 0 aliphatic rings. The molecule has 0 amide bonds. The number of carboxylic acids is 1. The summed E-state index contributed by atoms with van der Waals surface area (Å²) in [5, 5.41) is 28.2. The molecular formula is C14H11NO5. The predicted octanol–water partition coefficient (Wildman–Crippen LogP) is 1.61. The first-order valence-corrected chi connectivity index (χ1v) is 5.60. The van der Waals surface area contributed by atoms with Crippen molar-refractivity contribution in [2.75, 3.05) is 5.73 Å². The number of anilines is 1. The summed E-state index contributed by atoms with van der Waals surface area (Å²) < 4.78 is 0. The molecule has 0 unspecified atom stereocenters. The van der Waals surface area contributed by atoms with Crippen molar-refractivity contribution in [2.24, 2.45) is 0 Å². The first-order valence-electron chi connectivity index (χ1n) is 5.60. The van der Waals surface area contributed by atoms with E-state index in [0.29, 0.717) is 0 Å². The van der Waals surface area contributed by atoms with Crippen LogP contribution in [0.2, 0.25) is 0 Å². The maximum atomic E-state index is 12.3. The number of nitrogens with two attached hydrogens (primary N) is 1. The summed E-state index contributed by atoms with van der Waals surface area (Å²) in [4.78, 5) is 23.4. The van der Waals surface area contributed by atoms with Crippen LogP contribution in [0.1, 0.15) is 26.3 Å². The van der Waals surface area contributed by atoms with Crippen LogP contribution in [0.15, 0.2) is 36.4 Å². The third kappa shape index (κ3) is 2.26. The Labute approximate surface area is 113 Å². The molecule has 0 saturated carbocycles. The van der Waals surface area contributed by atoms with E-state index < -0.39 is 17.5 Å². The van der Waals surface area contributed by atoms with E-state index in [1.165, 1.54) is 24.3 Å². The second kappa shape index (κ2) is 4.93. The molecule has 2 rings (SSSR count). The second-order valence-corrected chi connectivity index (χ2v) is 4.11. The fraction of sp³-hybridized carbons (Fsp3) is 0. The largest absolute Gasteiger partial charge is 0.507 e. The van der Waals surface area contributed by atoms with Gasteiger partial charge in [0.2, 0.25) is 0 Å². The van der Waals surface area contributed by atoms with Crippen LogP contribution in [0.4, 0.5) is 5.69 Å². The molecule has 6 heteroatoms. The Bertz CT molecular complexity index is 709. The van der Waals surface area contributed by atoms with Crippen LogP contribution in [-0.4, -0.2) is 27.1 Å². The van der Waals surface area contributed by atoms with Gasteiger partial charge in [-0.05, 0) is 24.3 Å². The Balaban J connectivity index is 2.63. The molecule has 0 aliphatic heterocycles. The number of phenolic OH excluding ortho intramolecular Hbond substituents is 2. The average Bonchev–Trinajstić information content (AvgIpc) is 2.41. The number of aromatic carboxylic acids is 1. The number of nitrogen functional groups attached to an aromatic ring is 1. The monoisotopic (exact) mass is 273 g/mol. The van der Waals surface area contributed by atoms with E-state index in [9.17, 15) is 19.8 Å². The van der Waals surface area contributed by atoms with Gasteiger partial charge in [-0.25, -0.2) is 4.79 Å². The van der Waals surface area contributed by atoms with Gasteiger partial charge in [0.05, 0.1) is 16.8 Å². The number of ketones is 1. The van der Waals surface area contributed by atoms with E-state index >= 15 is 0 Å². The van der Waals surface area contributed by atoms with Gasteiger partial charge in [-0.1, -0.05) is 12.1 Å². The van der Waals surface area contributed by atoms with Crippen molar-refractivity contribution in [3.05, 3.63) is 53.1 Å². The van der Waals surface area contributed by atoms with E-state index in [0.717, 1.165) is 12.1 Å². The predicted molar refractivity (Wildman–Crippen MR) is 71.0 cm³/mol. The number of para-hydroxylation sites is 1. The van der Waals surface area contributed by atoms with Crippen LogP contribution in [-0.2, 0) is 0 Å². The van der Waals surface area contributed by atoms with Crippen LogP contribution < -0.4 is 5.73 Å². The maximum absolute atomic E-state index is 12.3. The molecule has 0 aliphatic carbocycles. The van der Waals surface area contributed by atoms with Crippen molar-refractivity contribution in [3.8, 4) is 11.5 Å². The lowest BCUT2D eigenvalue weighted by atomic mass is 9.96. The van der Waals surface area contributed by atoms with Crippen molar-refractivity contribution in [1.29, 1.82) is 0 Å². The quantitative estimate of drug-likeness (QED) is 0.383. The molecule has 0 aromatic heterocycles. The van der Waals surface area contributed by atoms with Gasteiger partial charge in [-0.15, -0.1) is 0 Å². The van der Waals surface area contributed by atoms with Crippen LogP contribution in [0.3, 0.4) is 0 Å². The average molecular weight is 273 g/mol. The molecule has 0 atom stereocenters. The standard InChI is InChI=1S/C14H11NO5/c15-10-5-8(9(14(19)20)6-12(10)17)13(18)7-3-1-2-4-11(7)16/h1-6,16-17H,15H2,(H,19,20). The van der Waals surface area contributed by atoms with Crippen LogP contribution in [0.5, 0.6) is 11.5 Å². The summed E-state index contributed by atoms with van der Waals surface area (Å²) >= 11 is 0. The summed E-state index contributed by atoms with van der Waals surface area (Å²) in [5.74, 6) is -2.75. The highest BCUT2D eigenvalue weighted by Crippen LogP contribution is 2.28. The summed E-state index contributed by atoms with van der Waals surface area (Å²) in [6.07, 6.45) is 0. The first kappa shape index (κ1) is 13.4. The van der Waals surface area contributed by atoms with Gasteiger partial charge in [0.25, 0.3) is 0 Å². The molecule has 2 aromatic carbocycles. The number of carbonyl (C=O) groups is 2. The highest BCUT2D eigenvalue weighted by molar-refractivity contribution is 6.16. The molecule has 2 aromatic rings. The fourth-order valence-electron chi connectivity index (χ4n) is 1.78. The zero-order valence-corrected chi connectivity index (χ0v) is 10.2. The highest BCUT2D eigenvalue weighted by Gasteiger charge is 2.22. The van der Waals surface area contributed by atoms with Crippen LogP contribution in [0, 0.1) is 0 Å². The fourth-order valence-corrected chi connectivity index (χ4v) is 1.78. The second-order valence-electron chi connectivity index (χ2n) is 4.11. The number of benzene rings is 2. The van der Waals surface area contributed by atoms with Crippen LogP contribution >= 0.6 is 0 Å². The van der Waals surface area contributed by atoms with Crippen molar-refractivity contribution in [3.63, 3.8) is 0 Å². The minimum absolute atomic E-state index is 0.0416. The summed E-state index contributed by atoms with van der Waals surface area (Å²) in [6.45, 7) is 0. The molecule has 5 N–H and O–H groups in total. The number of hydrogen-bond acceptors (Lipinski definition) is 5. The Hall–Kier alpha value is -3.02. The number of rotatable bonds is 3. The first-order chi connectivity index (χ1) is 9.41. The molecular weight excluding hydrogens is 262 g/mol. The zero-order valence-electron chi connectivity index (χ0n) is 10.2. The Kier molecular flexibility index (Phi) is 3.30. The lowest BCUT2D eigenvalue weighted by Crippen LogP contribution is -2.10. The number of carboxylic acid groups (broad SMARTS) is 1. The third-order valence-corrected chi connectivity index (χ3v) is 2.79. The number of hydrogen-bond donors (Lipinski definition) is 4. The Morgan fingerprint density at radius 2 is 1.55 bits per heavy atom. The topological polar surface area (TPSA) is 121 Å². The van der Waals surface area contributed by atoms with Crippen molar-refractivity contribution in [1.82, 2.24) is 0 Å². The van der Waals surface area contributed by atoms with Gasteiger partial charge in [-0.3, -0.25) is 4.79 Å². The molecule has 20 heavy (non-hydrogen) atoms. The molecule has 0 fully saturated rings. The summed E-state index contributed by atoms with van der Waals surface area (Å²) in [5.41, 5.74) is 4.74. The number of phenols is 2. The van der Waals surface area contributed by atoms with Gasteiger partial charge < -0.3 is 21.1 Å². The molecule has 102 valence electrons. The molecule has 0 radical (unpaired) electrons. The molecule has 0 heterocycles. The normalized spacial score (nSPS) is 10.2. The number of carbonyl (C=O) groups excluding carboxylic acids is 1.